The van der Waals surface area contributed by atoms with Gasteiger partial charge in [-0.3, -0.25) is 18.6 Å². The van der Waals surface area contributed by atoms with Crippen LogP contribution in [-0.2, 0) is 27.9 Å². The van der Waals surface area contributed by atoms with E-state index in [0.29, 0.717) is 23.9 Å². The average Bonchev–Trinajstić information content (AvgIpc) is 3.41. The lowest BCUT2D eigenvalue weighted by Gasteiger charge is -2.27. The summed E-state index contributed by atoms with van der Waals surface area (Å²) in [5.41, 5.74) is 0. The summed E-state index contributed by atoms with van der Waals surface area (Å²) in [4.78, 5) is 37.7. The van der Waals surface area contributed by atoms with Crippen molar-refractivity contribution in [2.24, 2.45) is 0 Å². The van der Waals surface area contributed by atoms with Crippen LogP contribution >= 0.6 is 7.82 Å². The molecule has 1 amide bonds. The van der Waals surface area contributed by atoms with Crippen molar-refractivity contribution in [2.45, 2.75) is 303 Å². The Hall–Kier alpha value is -2.81. The van der Waals surface area contributed by atoms with Gasteiger partial charge in [0.25, 0.3) is 0 Å². The minimum Gasteiger partial charge on any atom is -0.456 e. The molecule has 3 unspecified atom stereocenters. The van der Waals surface area contributed by atoms with Crippen molar-refractivity contribution in [3.05, 3.63) is 85.1 Å². The van der Waals surface area contributed by atoms with Crippen molar-refractivity contribution < 1.29 is 37.3 Å². The van der Waals surface area contributed by atoms with Crippen LogP contribution in [0.3, 0.4) is 0 Å². The number of nitrogens with zero attached hydrogens (tertiary/aromatic N) is 1. The fourth-order valence-corrected chi connectivity index (χ4v) is 10.0. The number of phosphoric acid groups is 1. The van der Waals surface area contributed by atoms with E-state index in [4.69, 9.17) is 13.8 Å². The summed E-state index contributed by atoms with van der Waals surface area (Å²) >= 11 is 0. The molecule has 9 nitrogen and oxygen atoms in total. The zero-order valence-electron chi connectivity index (χ0n) is 52.3. The Morgan fingerprint density at radius 2 is 0.861 bits per heavy atom. The first kappa shape index (κ1) is 76.2. The molecule has 0 saturated carbocycles. The number of likely N-dealkylation sites (N-methyl/N-ethyl adjacent to an activating group) is 1. The lowest BCUT2D eigenvalue weighted by atomic mass is 10.0. The highest BCUT2D eigenvalue weighted by atomic mass is 31.2. The number of esters is 1. The molecule has 0 bridgehead atoms. The monoisotopic (exact) mass is 1130 g/mol. The summed E-state index contributed by atoms with van der Waals surface area (Å²) in [6.07, 6.45) is 77.4. The van der Waals surface area contributed by atoms with Gasteiger partial charge in [0.2, 0.25) is 5.91 Å². The summed E-state index contributed by atoms with van der Waals surface area (Å²) in [6, 6.07) is -0.860. The van der Waals surface area contributed by atoms with Crippen LogP contribution in [0, 0.1) is 0 Å². The highest BCUT2D eigenvalue weighted by molar-refractivity contribution is 7.47. The Labute approximate surface area is 488 Å². The number of carbonyl (C=O) groups is 2. The molecule has 0 fully saturated rings. The second kappa shape index (κ2) is 58.4. The van der Waals surface area contributed by atoms with E-state index in [1.165, 1.54) is 161 Å². The normalized spacial score (nSPS) is 14.2. The van der Waals surface area contributed by atoms with E-state index < -0.39 is 20.0 Å². The van der Waals surface area contributed by atoms with Crippen LogP contribution in [0.25, 0.3) is 0 Å². The summed E-state index contributed by atoms with van der Waals surface area (Å²) in [5, 5.41) is 3.06. The minimum atomic E-state index is -4.46. The zero-order valence-corrected chi connectivity index (χ0v) is 53.2. The minimum absolute atomic E-state index is 0.0341. The van der Waals surface area contributed by atoms with Crippen LogP contribution in [0.4, 0.5) is 0 Å². The molecule has 3 atom stereocenters. The maximum Gasteiger partial charge on any atom is 0.472 e. The number of ether oxygens (including phenoxy) is 1. The van der Waals surface area contributed by atoms with Gasteiger partial charge < -0.3 is 19.4 Å². The molecule has 0 aromatic carbocycles. The van der Waals surface area contributed by atoms with Crippen LogP contribution in [0.5, 0.6) is 0 Å². The fourth-order valence-electron chi connectivity index (χ4n) is 9.30. The predicted octanol–water partition coefficient (Wildman–Crippen LogP) is 20.6. The topological polar surface area (TPSA) is 111 Å². The smallest absolute Gasteiger partial charge is 0.456 e. The van der Waals surface area contributed by atoms with E-state index in [9.17, 15) is 19.0 Å². The third kappa shape index (κ3) is 59.6. The maximum absolute atomic E-state index is 13.6. The number of amides is 1. The summed E-state index contributed by atoms with van der Waals surface area (Å²) in [5.74, 6) is -0.527. The molecule has 79 heavy (non-hydrogen) atoms. The second-order valence-corrected chi connectivity index (χ2v) is 24.8. The predicted molar refractivity (Wildman–Crippen MR) is 341 cm³/mol. The van der Waals surface area contributed by atoms with Gasteiger partial charge in [0, 0.05) is 12.8 Å². The van der Waals surface area contributed by atoms with E-state index in [1.54, 1.807) is 0 Å². The molecule has 0 aliphatic heterocycles. The Morgan fingerprint density at radius 3 is 1.34 bits per heavy atom. The highest BCUT2D eigenvalue weighted by Crippen LogP contribution is 2.43. The molecule has 0 heterocycles. The molecule has 458 valence electrons. The quantitative estimate of drug-likeness (QED) is 0.0156. The number of hydrogen-bond acceptors (Lipinski definition) is 6. The van der Waals surface area contributed by atoms with Gasteiger partial charge in [-0.15, -0.1) is 0 Å². The lowest BCUT2D eigenvalue weighted by Crippen LogP contribution is -2.47. The molecule has 0 aliphatic rings. The van der Waals surface area contributed by atoms with E-state index in [-0.39, 0.29) is 31.5 Å². The first-order valence-electron chi connectivity index (χ1n) is 32.9. The van der Waals surface area contributed by atoms with Crippen molar-refractivity contribution in [1.82, 2.24) is 5.32 Å². The lowest BCUT2D eigenvalue weighted by molar-refractivity contribution is -0.870. The van der Waals surface area contributed by atoms with Crippen LogP contribution < -0.4 is 5.32 Å². The first-order chi connectivity index (χ1) is 38.4. The van der Waals surface area contributed by atoms with Gasteiger partial charge in [-0.05, 0) is 89.5 Å². The number of nitrogens with one attached hydrogen (secondary N) is 1. The summed E-state index contributed by atoms with van der Waals surface area (Å²) in [7, 11) is 1.48. The molecule has 0 spiro atoms. The second-order valence-electron chi connectivity index (χ2n) is 23.3. The third-order valence-electron chi connectivity index (χ3n) is 14.4. The van der Waals surface area contributed by atoms with Crippen molar-refractivity contribution >= 4 is 19.7 Å². The Morgan fingerprint density at radius 1 is 0.468 bits per heavy atom. The van der Waals surface area contributed by atoms with Gasteiger partial charge in [-0.2, -0.15) is 0 Å². The van der Waals surface area contributed by atoms with Gasteiger partial charge in [-0.25, -0.2) is 4.57 Å². The molecule has 10 heteroatoms. The van der Waals surface area contributed by atoms with Crippen LogP contribution in [0.2, 0.25) is 0 Å². The molecule has 0 aromatic rings. The molecule has 0 aliphatic carbocycles. The number of hydrogen-bond donors (Lipinski definition) is 2. The van der Waals surface area contributed by atoms with Crippen LogP contribution in [0.15, 0.2) is 85.1 Å². The standard InChI is InChI=1S/C69H125N2O7P/c1-7-10-13-16-19-22-25-28-29-30-31-32-33-34-35-36-37-38-39-40-41-44-46-49-52-55-58-61-68(72)70-66(65-77-79(74,75)76-64-63-71(4,5)6)67(60-57-54-51-48-45-42-26-23-20-17-14-11-8-2)78-69(73)62-59-56-53-50-47-43-27-24-21-18-15-12-9-3/h12,15,18-19,21-22,24,27-29,31-32,57,60,66-67H,7-11,13-14,16-17,20,23,25-26,30,33-56,58-59,61-65H2,1-6H3,(H-,70,72,74,75)/p+1/b15-12+,21-18+,22-19-,27-24-,29-28-,32-31-,60-57-. The number of allylic oxidation sites excluding steroid dienone is 13. The molecule has 0 saturated heterocycles. The van der Waals surface area contributed by atoms with Crippen molar-refractivity contribution in [1.29, 1.82) is 0 Å². The van der Waals surface area contributed by atoms with Crippen molar-refractivity contribution in [3.63, 3.8) is 0 Å². The van der Waals surface area contributed by atoms with E-state index in [1.807, 2.05) is 33.3 Å². The van der Waals surface area contributed by atoms with E-state index >= 15 is 0 Å². The number of phosphoric ester groups is 1. The molecule has 2 N–H and O–H groups in total. The number of rotatable bonds is 59. The molecule has 0 aromatic heterocycles. The van der Waals surface area contributed by atoms with E-state index in [0.717, 1.165) is 89.9 Å². The number of unbranched alkanes of at least 4 members (excludes halogenated alkanes) is 33. The van der Waals surface area contributed by atoms with Gasteiger partial charge in [0.05, 0.1) is 33.8 Å². The van der Waals surface area contributed by atoms with Gasteiger partial charge in [-0.1, -0.05) is 273 Å². The highest BCUT2D eigenvalue weighted by Gasteiger charge is 2.30. The molecule has 0 radical (unpaired) electrons. The average molecular weight is 1130 g/mol. The molecular weight excluding hydrogens is 1000 g/mol. The van der Waals surface area contributed by atoms with Crippen molar-refractivity contribution in [3.8, 4) is 0 Å². The molecule has 0 rings (SSSR count). The van der Waals surface area contributed by atoms with Gasteiger partial charge in [0.15, 0.2) is 0 Å². The van der Waals surface area contributed by atoms with Crippen LogP contribution in [0.1, 0.15) is 290 Å². The number of carbonyl (C=O) groups excluding carboxylic acids is 2. The zero-order chi connectivity index (χ0) is 57.9. The molecular formula is C69H126N2O7P+. The Kier molecular flexibility index (Phi) is 56.3. The summed E-state index contributed by atoms with van der Waals surface area (Å²) < 4.78 is 30.7. The Bertz CT molecular complexity index is 1630. The van der Waals surface area contributed by atoms with Crippen LogP contribution in [-0.4, -0.2) is 74.3 Å². The first-order valence-corrected chi connectivity index (χ1v) is 34.4. The fraction of sp³-hybridized carbons (Fsp3) is 0.768. The SMILES string of the molecule is CC/C=C/C=C/C=C\CCCCCCCC(=O)OC(/C=C\CCCCCCCCCCCCC)C(COP(=O)(O)OCC[N+](C)(C)C)NC(=O)CCCCCCCCCCCCCCCC/C=C\C/C=C\C/C=C\CCCCC. The van der Waals surface area contributed by atoms with Crippen molar-refractivity contribution in [2.75, 3.05) is 40.9 Å². The largest absolute Gasteiger partial charge is 0.472 e. The van der Waals surface area contributed by atoms with E-state index in [2.05, 4.69) is 99.0 Å². The van der Waals surface area contributed by atoms with Gasteiger partial charge >= 0.3 is 13.8 Å². The summed E-state index contributed by atoms with van der Waals surface area (Å²) in [6.45, 7) is 6.85. The number of quaternary nitrogens is 1. The Balaban J connectivity index is 5.06. The third-order valence-corrected chi connectivity index (χ3v) is 15.4. The van der Waals surface area contributed by atoms with Gasteiger partial charge in [0.1, 0.15) is 19.3 Å². The maximum atomic E-state index is 13.6.